The molecule has 0 aliphatic heterocycles. The van der Waals surface area contributed by atoms with Crippen molar-refractivity contribution in [1.82, 2.24) is 14.9 Å². The minimum absolute atomic E-state index is 0.195. The normalized spacial score (nSPS) is 12.6. The van der Waals surface area contributed by atoms with Crippen molar-refractivity contribution in [3.05, 3.63) is 48.0 Å². The highest BCUT2D eigenvalue weighted by Gasteiger charge is 2.08. The molecule has 1 heterocycles. The molecule has 4 nitrogen and oxygen atoms in total. The van der Waals surface area contributed by atoms with Crippen molar-refractivity contribution in [2.45, 2.75) is 52.9 Å². The van der Waals surface area contributed by atoms with Crippen LogP contribution in [0.3, 0.4) is 0 Å². The Morgan fingerprint density at radius 1 is 1.29 bits per heavy atom. The molecule has 4 heteroatoms. The second-order valence-corrected chi connectivity index (χ2v) is 5.47. The number of aromatic nitrogens is 2. The van der Waals surface area contributed by atoms with Crippen LogP contribution in [0.15, 0.2) is 36.7 Å². The molecule has 1 aromatic heterocycles. The Balaban J connectivity index is 1.98. The summed E-state index contributed by atoms with van der Waals surface area (Å²) in [6, 6.07) is 8.52. The molecule has 0 radical (unpaired) electrons. The molecule has 21 heavy (non-hydrogen) atoms. The Kier molecular flexibility index (Phi) is 5.39. The topological polar surface area (TPSA) is 39.1 Å². The second-order valence-electron chi connectivity index (χ2n) is 5.47. The smallest absolute Gasteiger partial charge is 0.122 e. The lowest BCUT2D eigenvalue weighted by Crippen LogP contribution is -2.20. The summed E-state index contributed by atoms with van der Waals surface area (Å²) in [6.45, 7) is 10.1. The van der Waals surface area contributed by atoms with Gasteiger partial charge in [0.25, 0.3) is 0 Å². The van der Waals surface area contributed by atoms with E-state index >= 15 is 0 Å². The van der Waals surface area contributed by atoms with E-state index < -0.39 is 0 Å². The van der Waals surface area contributed by atoms with Gasteiger partial charge in [-0.15, -0.1) is 0 Å². The van der Waals surface area contributed by atoms with Gasteiger partial charge < -0.3 is 14.6 Å². The van der Waals surface area contributed by atoms with Gasteiger partial charge in [-0.1, -0.05) is 12.1 Å². The molecule has 0 aliphatic rings. The third-order valence-electron chi connectivity index (χ3n) is 3.44. The van der Waals surface area contributed by atoms with Gasteiger partial charge in [0.15, 0.2) is 0 Å². The lowest BCUT2D eigenvalue weighted by Gasteiger charge is -2.16. The Labute approximate surface area is 127 Å². The molecule has 1 aromatic carbocycles. The maximum atomic E-state index is 5.75. The van der Waals surface area contributed by atoms with Crippen LogP contribution in [0, 0.1) is 0 Å². The Morgan fingerprint density at radius 3 is 2.81 bits per heavy atom. The van der Waals surface area contributed by atoms with Gasteiger partial charge in [-0.25, -0.2) is 4.98 Å². The SMILES string of the molecule is CCn1ccnc1CNC(C)c1cccc(OC(C)C)c1. The number of aryl methyl sites for hydroxylation is 1. The molecule has 1 N–H and O–H groups in total. The van der Waals surface area contributed by atoms with Gasteiger partial charge in [0.2, 0.25) is 0 Å². The van der Waals surface area contributed by atoms with Crippen LogP contribution in [0.2, 0.25) is 0 Å². The highest BCUT2D eigenvalue weighted by Crippen LogP contribution is 2.20. The van der Waals surface area contributed by atoms with E-state index in [4.69, 9.17) is 4.74 Å². The summed E-state index contributed by atoms with van der Waals surface area (Å²) in [6.07, 6.45) is 4.06. The van der Waals surface area contributed by atoms with Gasteiger partial charge in [-0.2, -0.15) is 0 Å². The van der Waals surface area contributed by atoms with Crippen molar-refractivity contribution in [1.29, 1.82) is 0 Å². The summed E-state index contributed by atoms with van der Waals surface area (Å²) in [4.78, 5) is 4.39. The molecule has 1 atom stereocenters. The second kappa shape index (κ2) is 7.27. The summed E-state index contributed by atoms with van der Waals surface area (Å²) in [5.74, 6) is 1.99. The molecule has 114 valence electrons. The summed E-state index contributed by atoms with van der Waals surface area (Å²) in [5.41, 5.74) is 1.22. The summed E-state index contributed by atoms with van der Waals surface area (Å²) < 4.78 is 7.90. The van der Waals surface area contributed by atoms with Crippen molar-refractivity contribution >= 4 is 0 Å². The molecule has 0 saturated carbocycles. The zero-order chi connectivity index (χ0) is 15.2. The average Bonchev–Trinajstić information content (AvgIpc) is 2.91. The van der Waals surface area contributed by atoms with E-state index in [1.165, 1.54) is 5.56 Å². The lowest BCUT2D eigenvalue weighted by atomic mass is 10.1. The van der Waals surface area contributed by atoms with Gasteiger partial charge in [0.1, 0.15) is 11.6 Å². The van der Waals surface area contributed by atoms with E-state index in [1.807, 2.05) is 38.4 Å². The minimum atomic E-state index is 0.195. The van der Waals surface area contributed by atoms with Crippen molar-refractivity contribution in [2.75, 3.05) is 0 Å². The van der Waals surface area contributed by atoms with Crippen molar-refractivity contribution < 1.29 is 4.74 Å². The fourth-order valence-electron chi connectivity index (χ4n) is 2.29. The molecule has 2 rings (SSSR count). The molecule has 1 unspecified atom stereocenters. The fourth-order valence-corrected chi connectivity index (χ4v) is 2.29. The van der Waals surface area contributed by atoms with Crippen LogP contribution >= 0.6 is 0 Å². The number of ether oxygens (including phenoxy) is 1. The fraction of sp³-hybridized carbons (Fsp3) is 0.471. The number of nitrogens with zero attached hydrogens (tertiary/aromatic N) is 2. The highest BCUT2D eigenvalue weighted by atomic mass is 16.5. The molecule has 0 bridgehead atoms. The van der Waals surface area contributed by atoms with E-state index in [9.17, 15) is 0 Å². The molecule has 0 spiro atoms. The number of hydrogen-bond acceptors (Lipinski definition) is 3. The Hall–Kier alpha value is -1.81. The van der Waals surface area contributed by atoms with Crippen molar-refractivity contribution in [3.8, 4) is 5.75 Å². The predicted octanol–water partition coefficient (Wildman–Crippen LogP) is 3.54. The number of hydrogen-bond donors (Lipinski definition) is 1. The van der Waals surface area contributed by atoms with Crippen LogP contribution in [0.4, 0.5) is 0 Å². The number of imidazole rings is 1. The van der Waals surface area contributed by atoms with E-state index in [2.05, 4.69) is 40.8 Å². The quantitative estimate of drug-likeness (QED) is 0.846. The van der Waals surface area contributed by atoms with Crippen LogP contribution in [0.25, 0.3) is 0 Å². The molecule has 0 aliphatic carbocycles. The lowest BCUT2D eigenvalue weighted by molar-refractivity contribution is 0.242. The van der Waals surface area contributed by atoms with Crippen LogP contribution in [-0.2, 0) is 13.1 Å². The standard InChI is InChI=1S/C17H25N3O/c1-5-20-10-9-18-17(20)12-19-14(4)15-7-6-8-16(11-15)21-13(2)3/h6-11,13-14,19H,5,12H2,1-4H3. The van der Waals surface area contributed by atoms with Crippen LogP contribution in [0.1, 0.15) is 45.1 Å². The number of rotatable bonds is 7. The monoisotopic (exact) mass is 287 g/mol. The van der Waals surface area contributed by atoms with Gasteiger partial charge >= 0.3 is 0 Å². The van der Waals surface area contributed by atoms with E-state index in [-0.39, 0.29) is 12.1 Å². The predicted molar refractivity (Wildman–Crippen MR) is 85.4 cm³/mol. The van der Waals surface area contributed by atoms with Gasteiger partial charge in [0, 0.05) is 25.0 Å². The van der Waals surface area contributed by atoms with E-state index in [0.29, 0.717) is 0 Å². The van der Waals surface area contributed by atoms with Crippen molar-refractivity contribution in [3.63, 3.8) is 0 Å². The first kappa shape index (κ1) is 15.6. The van der Waals surface area contributed by atoms with Crippen LogP contribution < -0.4 is 10.1 Å². The van der Waals surface area contributed by atoms with Gasteiger partial charge in [-0.05, 0) is 45.4 Å². The van der Waals surface area contributed by atoms with Gasteiger partial charge in [-0.3, -0.25) is 0 Å². The molecular weight excluding hydrogens is 262 g/mol. The van der Waals surface area contributed by atoms with Crippen LogP contribution in [-0.4, -0.2) is 15.7 Å². The number of nitrogens with one attached hydrogen (secondary N) is 1. The first-order valence-electron chi connectivity index (χ1n) is 7.60. The van der Waals surface area contributed by atoms with Crippen molar-refractivity contribution in [2.24, 2.45) is 0 Å². The summed E-state index contributed by atoms with van der Waals surface area (Å²) >= 11 is 0. The van der Waals surface area contributed by atoms with Gasteiger partial charge in [0.05, 0.1) is 12.6 Å². The maximum Gasteiger partial charge on any atom is 0.122 e. The summed E-state index contributed by atoms with van der Waals surface area (Å²) in [5, 5.41) is 3.52. The highest BCUT2D eigenvalue weighted by molar-refractivity contribution is 5.30. The molecule has 0 fully saturated rings. The molecule has 2 aromatic rings. The third-order valence-corrected chi connectivity index (χ3v) is 3.44. The first-order valence-corrected chi connectivity index (χ1v) is 7.60. The molecule has 0 saturated heterocycles. The maximum absolute atomic E-state index is 5.75. The first-order chi connectivity index (χ1) is 10.1. The zero-order valence-corrected chi connectivity index (χ0v) is 13.3. The largest absolute Gasteiger partial charge is 0.491 e. The molecule has 0 amide bonds. The zero-order valence-electron chi connectivity index (χ0n) is 13.3. The molecular formula is C17H25N3O. The average molecular weight is 287 g/mol. The summed E-state index contributed by atoms with van der Waals surface area (Å²) in [7, 11) is 0. The third kappa shape index (κ3) is 4.33. The van der Waals surface area contributed by atoms with Crippen LogP contribution in [0.5, 0.6) is 5.75 Å². The van der Waals surface area contributed by atoms with E-state index in [0.717, 1.165) is 24.7 Å². The Morgan fingerprint density at radius 2 is 2.10 bits per heavy atom. The Bertz CT molecular complexity index is 563. The minimum Gasteiger partial charge on any atom is -0.491 e. The number of benzene rings is 1. The van der Waals surface area contributed by atoms with E-state index in [1.54, 1.807) is 0 Å².